The molecular formula is C41H24O26. The molecule has 5 aromatic carbocycles. The number of fused-ring (bicyclic) bond motifs is 7. The van der Waals surface area contributed by atoms with Gasteiger partial charge in [-0.25, -0.2) is 24.0 Å². The van der Waals surface area contributed by atoms with Gasteiger partial charge in [0.05, 0.1) is 33.4 Å². The van der Waals surface area contributed by atoms with Gasteiger partial charge in [-0.3, -0.25) is 4.79 Å². The third-order valence-corrected chi connectivity index (χ3v) is 11.3. The van der Waals surface area contributed by atoms with Crippen molar-refractivity contribution in [1.29, 1.82) is 0 Å². The Kier molecular flexibility index (Phi) is 8.90. The van der Waals surface area contributed by atoms with E-state index in [-0.39, 0.29) is 0 Å². The van der Waals surface area contributed by atoms with Crippen LogP contribution in [0.2, 0.25) is 0 Å². The number of rotatable bonds is 0. The highest BCUT2D eigenvalue weighted by Crippen LogP contribution is 2.61. The quantitative estimate of drug-likeness (QED) is 0.0594. The van der Waals surface area contributed by atoms with E-state index in [0.717, 1.165) is 0 Å². The number of hydrogen-bond donors (Lipinski definition) is 15. The fourth-order valence-corrected chi connectivity index (χ4v) is 8.22. The zero-order chi connectivity index (χ0) is 48.7. The first-order valence-electron chi connectivity index (χ1n) is 18.5. The number of hydrogen-bond acceptors (Lipinski definition) is 26. The van der Waals surface area contributed by atoms with E-state index in [1.807, 2.05) is 0 Å². The maximum atomic E-state index is 15.0. The van der Waals surface area contributed by atoms with Crippen molar-refractivity contribution in [3.8, 4) is 120 Å². The number of aromatic hydroxyl groups is 15. The summed E-state index contributed by atoms with van der Waals surface area (Å²) in [5, 5.41) is 164. The topological polar surface area (TPSA) is 452 Å². The highest BCUT2D eigenvalue weighted by Gasteiger charge is 2.55. The number of carbonyl (C=O) groups is 6. The summed E-state index contributed by atoms with van der Waals surface area (Å²) in [7, 11) is 0. The molecule has 0 unspecified atom stereocenters. The Morgan fingerprint density at radius 3 is 1.15 bits per heavy atom. The number of ether oxygens (including phenoxy) is 5. The van der Waals surface area contributed by atoms with Crippen LogP contribution in [0.5, 0.6) is 86.2 Å². The molecule has 15 N–H and O–H groups in total. The van der Waals surface area contributed by atoms with Crippen LogP contribution < -0.4 is 0 Å². The Balaban J connectivity index is 1.44. The maximum Gasteiger partial charge on any atom is 0.340 e. The summed E-state index contributed by atoms with van der Waals surface area (Å²) in [6, 6.07) is 1.03. The molecule has 0 aliphatic carbocycles. The van der Waals surface area contributed by atoms with Crippen molar-refractivity contribution in [3.63, 3.8) is 0 Å². The van der Waals surface area contributed by atoms with E-state index >= 15 is 0 Å². The van der Waals surface area contributed by atoms with Gasteiger partial charge in [0, 0.05) is 33.4 Å². The van der Waals surface area contributed by atoms with Crippen molar-refractivity contribution >= 4 is 35.6 Å². The molecule has 26 heteroatoms. The molecule has 5 aliphatic rings. The predicted octanol–water partition coefficient (Wildman–Crippen LogP) is 1.47. The van der Waals surface area contributed by atoms with E-state index in [4.69, 9.17) is 23.7 Å². The van der Waals surface area contributed by atoms with Gasteiger partial charge in [0.15, 0.2) is 75.8 Å². The van der Waals surface area contributed by atoms with E-state index < -0.39 is 220 Å². The lowest BCUT2D eigenvalue weighted by molar-refractivity contribution is -0.124. The molecule has 0 aromatic heterocycles. The Morgan fingerprint density at radius 2 is 0.672 bits per heavy atom. The minimum Gasteiger partial charge on any atom is -0.504 e. The SMILES string of the molecule is O=C1OC[C@H]2OC(=O)c3cc(O)c(O)c(O)c3-c3c(O)c(O)c(O)c4c3C(=O)O[C@@H]([C@@H]2OC(=O)c2cc(O)c(O)c(O)c2-c2c1cc(O)c(O)c2O)[C@H]1OC(=O)c2c(c(O)c(O)c(O)c2-4)C1=O. The van der Waals surface area contributed by atoms with Crippen LogP contribution in [0, 0.1) is 0 Å². The number of esters is 5. The van der Waals surface area contributed by atoms with E-state index in [9.17, 15) is 105 Å². The van der Waals surface area contributed by atoms with Crippen LogP contribution in [-0.4, -0.2) is 143 Å². The second-order valence-electron chi connectivity index (χ2n) is 14.9. The van der Waals surface area contributed by atoms with Gasteiger partial charge < -0.3 is 100 Å². The first-order chi connectivity index (χ1) is 31.5. The molecule has 10 rings (SSSR count). The van der Waals surface area contributed by atoms with Crippen molar-refractivity contribution in [2.75, 3.05) is 6.61 Å². The summed E-state index contributed by atoms with van der Waals surface area (Å²) in [6.45, 7) is -1.54. The molecule has 0 saturated carbocycles. The number of cyclic esters (lactones) is 1. The Morgan fingerprint density at radius 1 is 0.328 bits per heavy atom. The second kappa shape index (κ2) is 14.1. The Hall–Kier alpha value is -9.88. The van der Waals surface area contributed by atoms with Crippen LogP contribution in [0.15, 0.2) is 18.2 Å². The number of phenolic OH excluding ortho intramolecular Hbond substituents is 15. The second-order valence-corrected chi connectivity index (χ2v) is 14.9. The zero-order valence-electron chi connectivity index (χ0n) is 32.4. The van der Waals surface area contributed by atoms with Gasteiger partial charge in [-0.2, -0.15) is 0 Å². The van der Waals surface area contributed by atoms with Crippen molar-refractivity contribution in [2.45, 2.75) is 24.4 Å². The summed E-state index contributed by atoms with van der Waals surface area (Å²) in [5.41, 5.74) is -15.5. The van der Waals surface area contributed by atoms with Gasteiger partial charge in [-0.05, 0) is 18.2 Å². The van der Waals surface area contributed by atoms with Crippen molar-refractivity contribution in [2.24, 2.45) is 0 Å². The molecule has 5 heterocycles. The lowest BCUT2D eigenvalue weighted by atomic mass is 9.81. The highest BCUT2D eigenvalue weighted by molar-refractivity contribution is 6.22. The van der Waals surface area contributed by atoms with E-state index in [1.54, 1.807) is 0 Å². The van der Waals surface area contributed by atoms with Crippen molar-refractivity contribution in [1.82, 2.24) is 0 Å². The Labute approximate surface area is 366 Å². The monoisotopic (exact) mass is 932 g/mol. The molecule has 344 valence electrons. The number of Topliss-reactive ketones (excluding diaryl/α,β-unsaturated/α-hetero) is 1. The minimum absolute atomic E-state index is 0.309. The lowest BCUT2D eigenvalue weighted by Gasteiger charge is -2.38. The molecule has 5 aromatic rings. The number of phenols is 15. The highest BCUT2D eigenvalue weighted by atomic mass is 16.6. The number of ketones is 1. The molecule has 6 bridgehead atoms. The van der Waals surface area contributed by atoms with Gasteiger partial charge >= 0.3 is 29.8 Å². The molecule has 4 atom stereocenters. The van der Waals surface area contributed by atoms with Gasteiger partial charge in [0.25, 0.3) is 0 Å². The predicted molar refractivity (Wildman–Crippen MR) is 206 cm³/mol. The molecule has 67 heavy (non-hydrogen) atoms. The Bertz CT molecular complexity index is 3240. The van der Waals surface area contributed by atoms with Crippen LogP contribution >= 0.6 is 0 Å². The molecule has 0 spiro atoms. The van der Waals surface area contributed by atoms with Crippen LogP contribution in [0.3, 0.4) is 0 Å². The van der Waals surface area contributed by atoms with E-state index in [1.165, 1.54) is 0 Å². The fraction of sp³-hybridized carbons (Fsp3) is 0.122. The third-order valence-electron chi connectivity index (χ3n) is 11.3. The third kappa shape index (κ3) is 5.61. The average molecular weight is 933 g/mol. The first-order valence-corrected chi connectivity index (χ1v) is 18.5. The standard InChI is InChI=1S/C41H24O26/c42-8-1-5-12(24(48)21(8)45)13-6(2-9(43)22(46)25(13)49)39(60)65-34-11(4-63-37(5)58)64-38(59)7-3-10(44)23(47)26(50)14(7)15-18-16(28(52)32(56)27(15)51)17-19-20(30(54)33(57)29(17)53)31(55)35(66-41(19)62)36(34)67-40(18)61/h1-3,11,34-36,42-54,56-57H,4H2/t11-,34-,35+,36+/m1/s1. The van der Waals surface area contributed by atoms with Crippen molar-refractivity contribution in [3.05, 3.63) is 51.6 Å². The summed E-state index contributed by atoms with van der Waals surface area (Å²) in [4.78, 5) is 86.8. The van der Waals surface area contributed by atoms with Gasteiger partial charge in [-0.15, -0.1) is 0 Å². The summed E-state index contributed by atoms with van der Waals surface area (Å²) in [6.07, 6.45) is -11.2. The molecule has 0 fully saturated rings. The molecule has 0 saturated heterocycles. The van der Waals surface area contributed by atoms with E-state index in [2.05, 4.69) is 0 Å². The maximum absolute atomic E-state index is 15.0. The fourth-order valence-electron chi connectivity index (χ4n) is 8.22. The average Bonchev–Trinajstić information content (AvgIpc) is 3.30. The summed E-state index contributed by atoms with van der Waals surface area (Å²) < 4.78 is 27.6. The largest absolute Gasteiger partial charge is 0.504 e. The normalized spacial score (nSPS) is 19.5. The van der Waals surface area contributed by atoms with Crippen LogP contribution in [0.1, 0.15) is 62.1 Å². The van der Waals surface area contributed by atoms with E-state index in [0.29, 0.717) is 18.2 Å². The summed E-state index contributed by atoms with van der Waals surface area (Å²) in [5.74, 6) is -34.4. The van der Waals surface area contributed by atoms with Gasteiger partial charge in [0.2, 0.25) is 40.6 Å². The van der Waals surface area contributed by atoms with Crippen LogP contribution in [0.4, 0.5) is 0 Å². The molecule has 0 amide bonds. The van der Waals surface area contributed by atoms with Gasteiger partial charge in [-0.1, -0.05) is 0 Å². The number of benzene rings is 5. The molecule has 0 radical (unpaired) electrons. The van der Waals surface area contributed by atoms with Crippen LogP contribution in [-0.2, 0) is 23.7 Å². The van der Waals surface area contributed by atoms with Gasteiger partial charge in [0.1, 0.15) is 6.61 Å². The summed E-state index contributed by atoms with van der Waals surface area (Å²) >= 11 is 0. The zero-order valence-corrected chi connectivity index (χ0v) is 32.4. The molecular weight excluding hydrogens is 908 g/mol. The lowest BCUT2D eigenvalue weighted by Crippen LogP contribution is -2.57. The number of carbonyl (C=O) groups excluding carboxylic acids is 6. The molecule has 5 aliphatic heterocycles. The van der Waals surface area contributed by atoms with Crippen LogP contribution in [0.25, 0.3) is 33.4 Å². The first kappa shape index (κ1) is 42.4. The smallest absolute Gasteiger partial charge is 0.340 e. The van der Waals surface area contributed by atoms with Crippen molar-refractivity contribution < 1.29 is 129 Å². The molecule has 26 nitrogen and oxygen atoms in total. The minimum atomic E-state index is -2.89.